The summed E-state index contributed by atoms with van der Waals surface area (Å²) in [5.41, 5.74) is 2.07. The van der Waals surface area contributed by atoms with Crippen molar-refractivity contribution in [3.63, 3.8) is 0 Å². The van der Waals surface area contributed by atoms with Crippen molar-refractivity contribution in [2.75, 3.05) is 43.5 Å². The Hall–Kier alpha value is -3.53. The van der Waals surface area contributed by atoms with Crippen molar-refractivity contribution in [2.24, 2.45) is 0 Å². The van der Waals surface area contributed by atoms with Gasteiger partial charge in [-0.05, 0) is 24.3 Å². The second-order valence-corrected chi connectivity index (χ2v) is 6.46. The summed E-state index contributed by atoms with van der Waals surface area (Å²) >= 11 is 0. The number of methoxy groups -OCH3 is 1. The summed E-state index contributed by atoms with van der Waals surface area (Å²) in [4.78, 5) is 33.2. The molecule has 1 aromatic heterocycles. The van der Waals surface area contributed by atoms with Crippen LogP contribution < -0.4 is 20.7 Å². The fourth-order valence-electron chi connectivity index (χ4n) is 3.17. The van der Waals surface area contributed by atoms with Gasteiger partial charge in [-0.25, -0.2) is 14.0 Å². The van der Waals surface area contributed by atoms with Crippen LogP contribution in [0.1, 0.15) is 0 Å². The lowest BCUT2D eigenvalue weighted by Crippen LogP contribution is -2.47. The van der Waals surface area contributed by atoms with E-state index >= 15 is 0 Å². The molecule has 152 valence electrons. The van der Waals surface area contributed by atoms with Gasteiger partial charge in [0, 0.05) is 36.6 Å². The average molecular weight is 402 g/mol. The van der Waals surface area contributed by atoms with Gasteiger partial charge in [0.25, 0.3) is 0 Å². The number of carbonyl (C=O) groups excluding carboxylic acids is 1. The summed E-state index contributed by atoms with van der Waals surface area (Å²) in [6.45, 7) is 2.07. The number of hydroxylamine groups is 2. The number of nitrogens with one attached hydrogen (secondary N) is 2. The third-order valence-corrected chi connectivity index (χ3v) is 4.62. The molecule has 10 heteroatoms. The van der Waals surface area contributed by atoms with Gasteiger partial charge >= 0.3 is 11.8 Å². The monoisotopic (exact) mass is 402 g/mol. The summed E-state index contributed by atoms with van der Waals surface area (Å²) < 4.78 is 23.8. The zero-order valence-corrected chi connectivity index (χ0v) is 15.6. The number of aromatic nitrogens is 1. The van der Waals surface area contributed by atoms with E-state index < -0.39 is 17.7 Å². The van der Waals surface area contributed by atoms with Crippen molar-refractivity contribution >= 4 is 28.6 Å². The minimum atomic E-state index is -0.647. The molecule has 1 amide bonds. The summed E-state index contributed by atoms with van der Waals surface area (Å²) in [7, 11) is 1.42. The number of ether oxygens (including phenoxy) is 1. The first kappa shape index (κ1) is 18.8. The minimum absolute atomic E-state index is 0.199. The van der Waals surface area contributed by atoms with Gasteiger partial charge in [-0.15, -0.1) is 5.06 Å². The number of piperazine rings is 1. The van der Waals surface area contributed by atoms with Crippen LogP contribution in [0.5, 0.6) is 5.75 Å². The molecule has 0 radical (unpaired) electrons. The third kappa shape index (κ3) is 4.16. The Bertz CT molecular complexity index is 1090. The first-order valence-corrected chi connectivity index (χ1v) is 8.97. The molecular formula is C19H19FN4O5. The van der Waals surface area contributed by atoms with E-state index in [-0.39, 0.29) is 5.75 Å². The lowest BCUT2D eigenvalue weighted by molar-refractivity contribution is -0.0966. The van der Waals surface area contributed by atoms with Crippen LogP contribution in [0.3, 0.4) is 0 Å². The quantitative estimate of drug-likeness (QED) is 0.692. The molecule has 9 nitrogen and oxygen atoms in total. The number of H-pyrrole nitrogens is 1. The Balaban J connectivity index is 1.31. The largest absolute Gasteiger partial charge is 0.494 e. The molecule has 2 N–H and O–H groups in total. The highest BCUT2D eigenvalue weighted by Crippen LogP contribution is 2.24. The molecule has 1 aliphatic heterocycles. The van der Waals surface area contributed by atoms with Crippen LogP contribution in [0.4, 0.5) is 20.6 Å². The van der Waals surface area contributed by atoms with E-state index in [0.29, 0.717) is 43.0 Å². The summed E-state index contributed by atoms with van der Waals surface area (Å²) in [5, 5.41) is 4.14. The van der Waals surface area contributed by atoms with Crippen LogP contribution in [0, 0.1) is 5.82 Å². The van der Waals surface area contributed by atoms with E-state index in [1.165, 1.54) is 19.2 Å². The number of aromatic amines is 1. The van der Waals surface area contributed by atoms with E-state index in [0.717, 1.165) is 5.69 Å². The number of anilines is 2. The maximum atomic E-state index is 13.9. The number of benzene rings is 2. The molecule has 3 aromatic rings. The van der Waals surface area contributed by atoms with E-state index in [1.807, 2.05) is 4.90 Å². The van der Waals surface area contributed by atoms with Crippen LogP contribution in [-0.4, -0.2) is 49.4 Å². The number of halogens is 1. The fourth-order valence-corrected chi connectivity index (χ4v) is 3.17. The van der Waals surface area contributed by atoms with Gasteiger partial charge in [0.05, 0.1) is 25.7 Å². The normalized spacial score (nSPS) is 14.8. The first-order chi connectivity index (χ1) is 14.0. The van der Waals surface area contributed by atoms with Crippen molar-refractivity contribution in [3.8, 4) is 5.75 Å². The van der Waals surface area contributed by atoms with E-state index in [2.05, 4.69) is 10.3 Å². The van der Waals surface area contributed by atoms with Crippen molar-refractivity contribution in [2.45, 2.75) is 0 Å². The Morgan fingerprint density at radius 1 is 1.17 bits per heavy atom. The van der Waals surface area contributed by atoms with Gasteiger partial charge in [-0.2, -0.15) is 0 Å². The van der Waals surface area contributed by atoms with Crippen LogP contribution in [0.2, 0.25) is 0 Å². The molecule has 1 aliphatic rings. The molecule has 1 saturated heterocycles. The van der Waals surface area contributed by atoms with Crippen molar-refractivity contribution in [1.82, 2.24) is 10.0 Å². The molecule has 29 heavy (non-hydrogen) atoms. The van der Waals surface area contributed by atoms with Crippen LogP contribution in [0.25, 0.3) is 11.1 Å². The van der Waals surface area contributed by atoms with Gasteiger partial charge in [0.2, 0.25) is 0 Å². The molecule has 2 aromatic carbocycles. The van der Waals surface area contributed by atoms with Gasteiger partial charge < -0.3 is 18.9 Å². The number of hydrogen-bond acceptors (Lipinski definition) is 7. The molecule has 0 aliphatic carbocycles. The molecule has 4 rings (SSSR count). The van der Waals surface area contributed by atoms with Gasteiger partial charge in [-0.1, -0.05) is 0 Å². The Morgan fingerprint density at radius 2 is 1.97 bits per heavy atom. The average Bonchev–Trinajstić information content (AvgIpc) is 3.07. The molecule has 0 saturated carbocycles. The number of rotatable bonds is 4. The molecule has 1 fully saturated rings. The van der Waals surface area contributed by atoms with E-state index in [1.54, 1.807) is 29.3 Å². The molecule has 2 heterocycles. The predicted molar refractivity (Wildman–Crippen MR) is 104 cm³/mol. The molecule has 0 atom stereocenters. The summed E-state index contributed by atoms with van der Waals surface area (Å²) in [6.07, 6.45) is -0.647. The lowest BCUT2D eigenvalue weighted by atomic mass is 10.2. The summed E-state index contributed by atoms with van der Waals surface area (Å²) in [5.74, 6) is -0.780. The summed E-state index contributed by atoms with van der Waals surface area (Å²) in [6, 6.07) is 9.60. The van der Waals surface area contributed by atoms with Crippen LogP contribution in [0.15, 0.2) is 45.6 Å². The SMILES string of the molecule is COc1ccc(N2CCN(OC(=O)Nc3ccc4[nH]c(=O)oc4c3)CC2)cc1F. The maximum absolute atomic E-state index is 13.9. The first-order valence-electron chi connectivity index (χ1n) is 8.97. The second-order valence-electron chi connectivity index (χ2n) is 6.46. The number of fused-ring (bicyclic) bond motifs is 1. The van der Waals surface area contributed by atoms with E-state index in [4.69, 9.17) is 14.0 Å². The number of hydrogen-bond donors (Lipinski definition) is 2. The highest BCUT2D eigenvalue weighted by Gasteiger charge is 2.21. The van der Waals surface area contributed by atoms with Crippen molar-refractivity contribution in [1.29, 1.82) is 0 Å². The zero-order chi connectivity index (χ0) is 20.4. The molecular weight excluding hydrogens is 383 g/mol. The lowest BCUT2D eigenvalue weighted by Gasteiger charge is -2.34. The standard InChI is InChI=1S/C19H19FN4O5/c1-27-16-5-3-13(11-14(16)20)23-6-8-24(9-7-23)29-19(26)21-12-2-4-15-17(10-12)28-18(25)22-15/h2-5,10-11H,6-9H2,1H3,(H,21,26)(H,22,25). The number of nitrogens with zero attached hydrogens (tertiary/aromatic N) is 2. The zero-order valence-electron chi connectivity index (χ0n) is 15.6. The van der Waals surface area contributed by atoms with Gasteiger partial charge in [0.1, 0.15) is 0 Å². The van der Waals surface area contributed by atoms with Crippen LogP contribution >= 0.6 is 0 Å². The highest BCUT2D eigenvalue weighted by molar-refractivity contribution is 5.87. The number of amides is 1. The molecule has 0 bridgehead atoms. The molecule has 0 unspecified atom stereocenters. The topological polar surface area (TPSA) is 100 Å². The van der Waals surface area contributed by atoms with Gasteiger partial charge in [0.15, 0.2) is 17.1 Å². The number of oxazole rings is 1. The van der Waals surface area contributed by atoms with Gasteiger partial charge in [-0.3, -0.25) is 10.3 Å². The molecule has 0 spiro atoms. The van der Waals surface area contributed by atoms with Crippen LogP contribution in [-0.2, 0) is 4.84 Å². The third-order valence-electron chi connectivity index (χ3n) is 4.62. The predicted octanol–water partition coefficient (Wildman–Crippen LogP) is 2.55. The smallest absolute Gasteiger partial charge is 0.430 e. The Kier molecular flexibility index (Phi) is 5.09. The Morgan fingerprint density at radius 3 is 2.69 bits per heavy atom. The Labute approximate surface area is 164 Å². The minimum Gasteiger partial charge on any atom is -0.494 e. The fraction of sp³-hybridized carbons (Fsp3) is 0.263. The second kappa shape index (κ2) is 7.84. The number of carbonyl (C=O) groups is 1. The highest BCUT2D eigenvalue weighted by atomic mass is 19.1. The van der Waals surface area contributed by atoms with Crippen molar-refractivity contribution in [3.05, 3.63) is 52.8 Å². The van der Waals surface area contributed by atoms with Crippen molar-refractivity contribution < 1.29 is 23.2 Å². The maximum Gasteiger partial charge on any atom is 0.430 e. The van der Waals surface area contributed by atoms with E-state index in [9.17, 15) is 14.0 Å².